The second-order valence-corrected chi connectivity index (χ2v) is 6.13. The molecule has 1 aromatic heterocycles. The van der Waals surface area contributed by atoms with Crippen molar-refractivity contribution in [3.63, 3.8) is 0 Å². The number of pyridine rings is 1. The van der Waals surface area contributed by atoms with Gasteiger partial charge in [0, 0.05) is 11.9 Å². The van der Waals surface area contributed by atoms with Crippen LogP contribution in [-0.4, -0.2) is 10.9 Å². The van der Waals surface area contributed by atoms with Crippen LogP contribution < -0.4 is 15.8 Å². The number of hydrogen-bond donors (Lipinski definition) is 2. The van der Waals surface area contributed by atoms with Crippen LogP contribution in [-0.2, 0) is 19.6 Å². The summed E-state index contributed by atoms with van der Waals surface area (Å²) in [6.45, 7) is 3.08. The fraction of sp³-hybridized carbons (Fsp3) is 0.182. The molecule has 0 saturated heterocycles. The normalized spacial score (nSPS) is 10.8. The first-order valence-electron chi connectivity index (χ1n) is 9.00. The molecule has 28 heavy (non-hydrogen) atoms. The predicted molar refractivity (Wildman–Crippen MR) is 125 cm³/mol. The Bertz CT molecular complexity index is 883. The molecule has 6 heteroatoms. The molecule has 5 nitrogen and oxygen atoms in total. The Hall–Kier alpha value is -2.61. The van der Waals surface area contributed by atoms with Gasteiger partial charge in [0.15, 0.2) is 5.96 Å². The Morgan fingerprint density at radius 3 is 2.57 bits per heavy atom. The minimum atomic E-state index is 0. The standard InChI is InChI=1S/C22H24N4O.HI/c1-2-17-6-5-8-19(14-17)26-22(23)25-15-18-9-11-21(12-10-18)27-16-20-7-3-4-13-24-20;/h3-14H,2,15-16H2,1H3,(H3,23,25,26);1H. The number of aryl methyl sites for hydroxylation is 1. The number of ether oxygens (including phenoxy) is 1. The molecular formula is C22H25IN4O. The van der Waals surface area contributed by atoms with Crippen LogP contribution in [0, 0.1) is 0 Å². The van der Waals surface area contributed by atoms with Gasteiger partial charge in [-0.15, -0.1) is 24.0 Å². The lowest BCUT2D eigenvalue weighted by Crippen LogP contribution is -2.22. The van der Waals surface area contributed by atoms with Crippen molar-refractivity contribution in [1.29, 1.82) is 0 Å². The summed E-state index contributed by atoms with van der Waals surface area (Å²) in [4.78, 5) is 8.64. The van der Waals surface area contributed by atoms with Crippen molar-refractivity contribution in [2.75, 3.05) is 5.32 Å². The van der Waals surface area contributed by atoms with Gasteiger partial charge in [-0.3, -0.25) is 4.98 Å². The molecule has 3 rings (SSSR count). The summed E-state index contributed by atoms with van der Waals surface area (Å²) in [5.74, 6) is 1.20. The largest absolute Gasteiger partial charge is 0.487 e. The lowest BCUT2D eigenvalue weighted by molar-refractivity contribution is 0.301. The summed E-state index contributed by atoms with van der Waals surface area (Å²) in [7, 11) is 0. The number of aromatic nitrogens is 1. The molecule has 0 aliphatic carbocycles. The number of nitrogens with zero attached hydrogens (tertiary/aromatic N) is 2. The Morgan fingerprint density at radius 2 is 1.86 bits per heavy atom. The van der Waals surface area contributed by atoms with Gasteiger partial charge in [0.1, 0.15) is 12.4 Å². The number of halogens is 1. The topological polar surface area (TPSA) is 72.5 Å². The lowest BCUT2D eigenvalue weighted by Gasteiger charge is -2.08. The third-order valence-corrected chi connectivity index (χ3v) is 4.08. The van der Waals surface area contributed by atoms with Gasteiger partial charge in [-0.05, 0) is 53.9 Å². The number of nitrogens with one attached hydrogen (secondary N) is 1. The highest BCUT2D eigenvalue weighted by Crippen LogP contribution is 2.15. The van der Waals surface area contributed by atoms with E-state index in [2.05, 4.69) is 34.3 Å². The fourth-order valence-corrected chi connectivity index (χ4v) is 2.56. The van der Waals surface area contributed by atoms with Crippen molar-refractivity contribution in [2.45, 2.75) is 26.5 Å². The summed E-state index contributed by atoms with van der Waals surface area (Å²) >= 11 is 0. The molecule has 0 atom stereocenters. The highest BCUT2D eigenvalue weighted by molar-refractivity contribution is 14.0. The number of hydrogen-bond acceptors (Lipinski definition) is 3. The summed E-state index contributed by atoms with van der Waals surface area (Å²) in [6.07, 6.45) is 2.75. The second-order valence-electron chi connectivity index (χ2n) is 6.13. The van der Waals surface area contributed by atoms with Crippen molar-refractivity contribution in [2.24, 2.45) is 10.7 Å². The Balaban J connectivity index is 0.00000280. The highest BCUT2D eigenvalue weighted by atomic mass is 127. The second kappa shape index (κ2) is 11.3. The molecule has 1 heterocycles. The Labute approximate surface area is 183 Å². The van der Waals surface area contributed by atoms with Gasteiger partial charge in [0.2, 0.25) is 0 Å². The van der Waals surface area contributed by atoms with Crippen LogP contribution >= 0.6 is 24.0 Å². The molecule has 0 unspecified atom stereocenters. The molecule has 0 radical (unpaired) electrons. The third kappa shape index (κ3) is 6.84. The molecule has 146 valence electrons. The minimum absolute atomic E-state index is 0. The molecule has 0 aliphatic heterocycles. The van der Waals surface area contributed by atoms with Crippen LogP contribution in [0.2, 0.25) is 0 Å². The monoisotopic (exact) mass is 488 g/mol. The quantitative estimate of drug-likeness (QED) is 0.286. The molecule has 2 aromatic carbocycles. The zero-order valence-corrected chi connectivity index (χ0v) is 18.2. The molecule has 0 aliphatic rings. The average Bonchev–Trinajstić information content (AvgIpc) is 2.72. The number of rotatable bonds is 7. The van der Waals surface area contributed by atoms with Gasteiger partial charge in [0.25, 0.3) is 0 Å². The van der Waals surface area contributed by atoms with Crippen LogP contribution in [0.3, 0.4) is 0 Å². The van der Waals surface area contributed by atoms with Crippen molar-refractivity contribution >= 4 is 35.6 Å². The Kier molecular flexibility index (Phi) is 8.74. The van der Waals surface area contributed by atoms with E-state index in [0.717, 1.165) is 29.1 Å². The first kappa shape index (κ1) is 21.7. The minimum Gasteiger partial charge on any atom is -0.487 e. The van der Waals surface area contributed by atoms with Crippen molar-refractivity contribution in [3.8, 4) is 5.75 Å². The molecule has 0 amide bonds. The summed E-state index contributed by atoms with van der Waals surface area (Å²) in [5.41, 5.74) is 10.2. The number of guanidine groups is 1. The average molecular weight is 488 g/mol. The zero-order valence-electron chi connectivity index (χ0n) is 15.8. The maximum atomic E-state index is 5.99. The van der Waals surface area contributed by atoms with E-state index < -0.39 is 0 Å². The SMILES string of the molecule is CCc1cccc(NC(N)=NCc2ccc(OCc3ccccn3)cc2)c1.I. The van der Waals surface area contributed by atoms with Gasteiger partial charge in [-0.2, -0.15) is 0 Å². The lowest BCUT2D eigenvalue weighted by atomic mass is 10.1. The van der Waals surface area contributed by atoms with Crippen molar-refractivity contribution in [3.05, 3.63) is 89.7 Å². The van der Waals surface area contributed by atoms with Crippen molar-refractivity contribution in [1.82, 2.24) is 4.98 Å². The van der Waals surface area contributed by atoms with Gasteiger partial charge >= 0.3 is 0 Å². The number of anilines is 1. The van der Waals surface area contributed by atoms with E-state index in [1.807, 2.05) is 54.6 Å². The Morgan fingerprint density at radius 1 is 1.04 bits per heavy atom. The van der Waals surface area contributed by atoms with Gasteiger partial charge in [-0.25, -0.2) is 4.99 Å². The molecule has 0 bridgehead atoms. The summed E-state index contributed by atoms with van der Waals surface area (Å²) in [5, 5.41) is 3.13. The number of benzene rings is 2. The molecule has 0 spiro atoms. The zero-order chi connectivity index (χ0) is 18.9. The highest BCUT2D eigenvalue weighted by Gasteiger charge is 1.99. The third-order valence-electron chi connectivity index (χ3n) is 4.08. The van der Waals surface area contributed by atoms with E-state index in [1.54, 1.807) is 6.20 Å². The molecular weight excluding hydrogens is 463 g/mol. The number of aliphatic imine (C=N–C) groups is 1. The summed E-state index contributed by atoms with van der Waals surface area (Å²) < 4.78 is 5.74. The first-order valence-corrected chi connectivity index (χ1v) is 9.00. The maximum Gasteiger partial charge on any atom is 0.193 e. The molecule has 0 saturated carbocycles. The van der Waals surface area contributed by atoms with Crippen LogP contribution in [0.1, 0.15) is 23.7 Å². The summed E-state index contributed by atoms with van der Waals surface area (Å²) in [6, 6.07) is 21.8. The smallest absolute Gasteiger partial charge is 0.193 e. The molecule has 0 fully saturated rings. The van der Waals surface area contributed by atoms with Crippen LogP contribution in [0.15, 0.2) is 77.9 Å². The molecule has 3 N–H and O–H groups in total. The van der Waals surface area contributed by atoms with E-state index in [-0.39, 0.29) is 24.0 Å². The predicted octanol–water partition coefficient (Wildman–Crippen LogP) is 4.77. The van der Waals surface area contributed by atoms with E-state index >= 15 is 0 Å². The van der Waals surface area contributed by atoms with E-state index in [9.17, 15) is 0 Å². The van der Waals surface area contributed by atoms with E-state index in [4.69, 9.17) is 10.5 Å². The fourth-order valence-electron chi connectivity index (χ4n) is 2.56. The van der Waals surface area contributed by atoms with Gasteiger partial charge in [-0.1, -0.05) is 37.3 Å². The van der Waals surface area contributed by atoms with Crippen LogP contribution in [0.4, 0.5) is 5.69 Å². The van der Waals surface area contributed by atoms with E-state index in [0.29, 0.717) is 19.1 Å². The van der Waals surface area contributed by atoms with Gasteiger partial charge in [0.05, 0.1) is 12.2 Å². The molecule has 3 aromatic rings. The van der Waals surface area contributed by atoms with Crippen LogP contribution in [0.25, 0.3) is 0 Å². The van der Waals surface area contributed by atoms with Gasteiger partial charge < -0.3 is 15.8 Å². The maximum absolute atomic E-state index is 5.99. The first-order chi connectivity index (χ1) is 13.2. The van der Waals surface area contributed by atoms with E-state index in [1.165, 1.54) is 5.56 Å². The number of nitrogens with two attached hydrogens (primary N) is 1. The van der Waals surface area contributed by atoms with Crippen molar-refractivity contribution < 1.29 is 4.74 Å². The van der Waals surface area contributed by atoms with Crippen LogP contribution in [0.5, 0.6) is 5.75 Å².